The maximum Gasteiger partial charge on any atom is 0.238 e. The predicted octanol–water partition coefficient (Wildman–Crippen LogP) is 2.22. The van der Waals surface area contributed by atoms with E-state index in [0.717, 1.165) is 0 Å². The molecule has 0 radical (unpaired) electrons. The van der Waals surface area contributed by atoms with Gasteiger partial charge in [-0.1, -0.05) is 0 Å². The third kappa shape index (κ3) is 3.87. The van der Waals surface area contributed by atoms with E-state index in [2.05, 4.69) is 20.0 Å². The van der Waals surface area contributed by atoms with Gasteiger partial charge in [0.15, 0.2) is 5.82 Å². The van der Waals surface area contributed by atoms with Crippen molar-refractivity contribution < 1.29 is 13.2 Å². The quantitative estimate of drug-likeness (QED) is 0.735. The monoisotopic (exact) mass is 345 g/mol. The Morgan fingerprint density at radius 1 is 1.12 bits per heavy atom. The molecule has 2 heterocycles. The Morgan fingerprint density at radius 2 is 1.92 bits per heavy atom. The molecule has 0 unspecified atom stereocenters. The third-order valence-electron chi connectivity index (χ3n) is 3.10. The summed E-state index contributed by atoms with van der Waals surface area (Å²) in [6.07, 6.45) is 3.42. The van der Waals surface area contributed by atoms with E-state index in [9.17, 15) is 8.42 Å². The number of rotatable bonds is 6. The highest BCUT2D eigenvalue weighted by molar-refractivity contribution is 7.92. The van der Waals surface area contributed by atoms with Crippen LogP contribution >= 0.6 is 0 Å². The van der Waals surface area contributed by atoms with Crippen molar-refractivity contribution in [3.63, 3.8) is 0 Å². The molecule has 9 heteroatoms. The molecule has 1 N–H and O–H groups in total. The molecule has 0 saturated heterocycles. The van der Waals surface area contributed by atoms with E-state index in [1.165, 1.54) is 0 Å². The van der Waals surface area contributed by atoms with E-state index < -0.39 is 10.0 Å². The number of aromatic nitrogens is 4. The molecule has 1 aromatic carbocycles. The van der Waals surface area contributed by atoms with Gasteiger partial charge in [0.2, 0.25) is 15.9 Å². The van der Waals surface area contributed by atoms with Crippen molar-refractivity contribution in [3.05, 3.63) is 54.9 Å². The van der Waals surface area contributed by atoms with E-state index in [1.807, 2.05) is 0 Å². The van der Waals surface area contributed by atoms with E-state index in [0.29, 0.717) is 23.1 Å². The van der Waals surface area contributed by atoms with Crippen molar-refractivity contribution in [1.82, 2.24) is 20.0 Å². The fourth-order valence-electron chi connectivity index (χ4n) is 1.86. The molecule has 0 atom stereocenters. The van der Waals surface area contributed by atoms with Crippen LogP contribution in [0.25, 0.3) is 5.82 Å². The fraction of sp³-hybridized carbons (Fsp3) is 0.133. The van der Waals surface area contributed by atoms with Gasteiger partial charge in [0, 0.05) is 24.1 Å². The number of nitrogens with zero attached hydrogens (tertiary/aromatic N) is 4. The van der Waals surface area contributed by atoms with Crippen LogP contribution in [-0.2, 0) is 10.0 Å². The van der Waals surface area contributed by atoms with Crippen molar-refractivity contribution in [3.8, 4) is 17.4 Å². The minimum absolute atomic E-state index is 0.0173. The zero-order chi connectivity index (χ0) is 17.0. The predicted molar refractivity (Wildman–Crippen MR) is 88.8 cm³/mol. The van der Waals surface area contributed by atoms with E-state index in [-0.39, 0.29) is 5.75 Å². The van der Waals surface area contributed by atoms with Crippen LogP contribution in [0.15, 0.2) is 54.9 Å². The molecular formula is C15H15N5O3S. The third-order valence-corrected chi connectivity index (χ3v) is 4.40. The summed E-state index contributed by atoms with van der Waals surface area (Å²) >= 11 is 0. The van der Waals surface area contributed by atoms with Gasteiger partial charge in [-0.3, -0.25) is 4.72 Å². The maximum absolute atomic E-state index is 11.5. The molecule has 0 amide bonds. The van der Waals surface area contributed by atoms with Gasteiger partial charge < -0.3 is 4.74 Å². The highest BCUT2D eigenvalue weighted by Crippen LogP contribution is 2.21. The summed E-state index contributed by atoms with van der Waals surface area (Å²) in [6.45, 7) is 1.57. The molecule has 3 aromatic rings. The van der Waals surface area contributed by atoms with Crippen molar-refractivity contribution >= 4 is 15.7 Å². The second-order valence-electron chi connectivity index (χ2n) is 4.81. The van der Waals surface area contributed by atoms with Crippen LogP contribution in [0.4, 0.5) is 5.69 Å². The highest BCUT2D eigenvalue weighted by atomic mass is 32.2. The smallest absolute Gasteiger partial charge is 0.238 e. The van der Waals surface area contributed by atoms with Crippen LogP contribution in [0, 0.1) is 0 Å². The molecule has 3 rings (SSSR count). The first-order chi connectivity index (χ1) is 11.6. The fourth-order valence-corrected chi connectivity index (χ4v) is 2.50. The average molecular weight is 345 g/mol. The molecule has 0 saturated carbocycles. The first-order valence-corrected chi connectivity index (χ1v) is 8.83. The molecule has 2 aromatic heterocycles. The molecule has 124 valence electrons. The Hall–Kier alpha value is -2.94. The number of nitrogens with one attached hydrogen (secondary N) is 1. The zero-order valence-corrected chi connectivity index (χ0v) is 13.6. The largest absolute Gasteiger partial charge is 0.438 e. The van der Waals surface area contributed by atoms with Crippen molar-refractivity contribution in [2.75, 3.05) is 10.5 Å². The maximum atomic E-state index is 11.5. The van der Waals surface area contributed by atoms with Crippen molar-refractivity contribution in [1.29, 1.82) is 0 Å². The Kier molecular flexibility index (Phi) is 4.43. The standard InChI is InChI=1S/C15H15N5O3S/c1-2-24(21,22)19-12-4-6-13(7-5-12)23-15-9-8-14(17-18-15)20-11-3-10-16-20/h3-11,19H,2H2,1H3. The van der Waals surface area contributed by atoms with E-state index >= 15 is 0 Å². The average Bonchev–Trinajstić information content (AvgIpc) is 3.12. The molecule has 0 spiro atoms. The molecular weight excluding hydrogens is 330 g/mol. The normalized spacial score (nSPS) is 11.2. The van der Waals surface area contributed by atoms with Gasteiger partial charge in [-0.25, -0.2) is 13.1 Å². The van der Waals surface area contributed by atoms with Gasteiger partial charge in [0.25, 0.3) is 0 Å². The minimum atomic E-state index is -3.29. The topological polar surface area (TPSA) is 99.0 Å². The summed E-state index contributed by atoms with van der Waals surface area (Å²) in [5.74, 6) is 1.45. The molecule has 0 bridgehead atoms. The first kappa shape index (κ1) is 15.9. The van der Waals surface area contributed by atoms with Gasteiger partial charge >= 0.3 is 0 Å². The van der Waals surface area contributed by atoms with Gasteiger partial charge in [0.05, 0.1) is 5.75 Å². The Balaban J connectivity index is 1.68. The van der Waals surface area contributed by atoms with Crippen LogP contribution < -0.4 is 9.46 Å². The lowest BCUT2D eigenvalue weighted by Crippen LogP contribution is -2.14. The SMILES string of the molecule is CCS(=O)(=O)Nc1ccc(Oc2ccc(-n3cccn3)nn2)cc1. The van der Waals surface area contributed by atoms with Gasteiger partial charge in [-0.05, 0) is 43.3 Å². The number of sulfonamides is 1. The minimum Gasteiger partial charge on any atom is -0.438 e. The van der Waals surface area contributed by atoms with Crippen LogP contribution in [0.3, 0.4) is 0 Å². The van der Waals surface area contributed by atoms with Crippen molar-refractivity contribution in [2.24, 2.45) is 0 Å². The molecule has 0 aliphatic rings. The molecule has 0 fully saturated rings. The number of hydrogen-bond donors (Lipinski definition) is 1. The number of ether oxygens (including phenoxy) is 1. The Bertz CT molecular complexity index is 891. The lowest BCUT2D eigenvalue weighted by molar-refractivity contribution is 0.454. The van der Waals surface area contributed by atoms with Gasteiger partial charge in [-0.15, -0.1) is 10.2 Å². The Labute approximate surface area is 139 Å². The summed E-state index contributed by atoms with van der Waals surface area (Å²) in [4.78, 5) is 0. The lowest BCUT2D eigenvalue weighted by Gasteiger charge is -2.08. The second kappa shape index (κ2) is 6.67. The van der Waals surface area contributed by atoms with Crippen LogP contribution in [0.2, 0.25) is 0 Å². The number of hydrogen-bond acceptors (Lipinski definition) is 6. The molecule has 0 aliphatic carbocycles. The van der Waals surface area contributed by atoms with E-state index in [1.54, 1.807) is 66.5 Å². The molecule has 8 nitrogen and oxygen atoms in total. The summed E-state index contributed by atoms with van der Waals surface area (Å²) in [5.41, 5.74) is 0.476. The lowest BCUT2D eigenvalue weighted by atomic mass is 10.3. The van der Waals surface area contributed by atoms with Crippen molar-refractivity contribution in [2.45, 2.75) is 6.92 Å². The highest BCUT2D eigenvalue weighted by Gasteiger charge is 2.07. The number of benzene rings is 1. The molecule has 24 heavy (non-hydrogen) atoms. The van der Waals surface area contributed by atoms with Crippen LogP contribution in [-0.4, -0.2) is 34.1 Å². The first-order valence-electron chi connectivity index (χ1n) is 7.18. The summed E-state index contributed by atoms with van der Waals surface area (Å²) in [6, 6.07) is 11.7. The van der Waals surface area contributed by atoms with Crippen LogP contribution in [0.1, 0.15) is 6.92 Å². The summed E-state index contributed by atoms with van der Waals surface area (Å²) < 4.78 is 32.6. The van der Waals surface area contributed by atoms with Gasteiger partial charge in [-0.2, -0.15) is 5.10 Å². The number of anilines is 1. The summed E-state index contributed by atoms with van der Waals surface area (Å²) in [5, 5.41) is 12.1. The second-order valence-corrected chi connectivity index (χ2v) is 6.82. The van der Waals surface area contributed by atoms with Gasteiger partial charge in [0.1, 0.15) is 5.75 Å². The van der Waals surface area contributed by atoms with E-state index in [4.69, 9.17) is 4.74 Å². The summed E-state index contributed by atoms with van der Waals surface area (Å²) in [7, 11) is -3.29. The van der Waals surface area contributed by atoms with Crippen LogP contribution in [0.5, 0.6) is 11.6 Å². The zero-order valence-electron chi connectivity index (χ0n) is 12.8. The Morgan fingerprint density at radius 3 is 2.50 bits per heavy atom. The molecule has 0 aliphatic heterocycles.